The summed E-state index contributed by atoms with van der Waals surface area (Å²) in [5.41, 5.74) is 7.48. The van der Waals surface area contributed by atoms with Crippen molar-refractivity contribution in [2.75, 3.05) is 13.1 Å². The highest BCUT2D eigenvalue weighted by molar-refractivity contribution is 5.14. The maximum absolute atomic E-state index is 6.08. The average molecular weight is 190 g/mol. The van der Waals surface area contributed by atoms with Crippen molar-refractivity contribution in [1.82, 2.24) is 4.90 Å². The molecule has 1 heterocycles. The predicted octanol–water partition coefficient (Wildman–Crippen LogP) is 1.61. The topological polar surface area (TPSA) is 29.3 Å². The van der Waals surface area contributed by atoms with Gasteiger partial charge in [0.05, 0.1) is 0 Å². The number of nitrogens with zero attached hydrogens (tertiary/aromatic N) is 1. The molecule has 1 atom stereocenters. The van der Waals surface area contributed by atoms with Gasteiger partial charge in [-0.05, 0) is 18.9 Å². The van der Waals surface area contributed by atoms with Gasteiger partial charge >= 0.3 is 0 Å². The van der Waals surface area contributed by atoms with E-state index in [4.69, 9.17) is 5.73 Å². The zero-order valence-electron chi connectivity index (χ0n) is 8.74. The van der Waals surface area contributed by atoms with E-state index in [0.717, 1.165) is 26.1 Å². The van der Waals surface area contributed by atoms with E-state index < -0.39 is 0 Å². The lowest BCUT2D eigenvalue weighted by Crippen LogP contribution is -2.38. The van der Waals surface area contributed by atoms with Crippen LogP contribution < -0.4 is 5.73 Å². The van der Waals surface area contributed by atoms with Crippen molar-refractivity contribution >= 4 is 0 Å². The molecule has 0 spiro atoms. The molecule has 0 amide bonds. The maximum Gasteiger partial charge on any atom is 0.0267 e. The Bertz CT molecular complexity index is 292. The fourth-order valence-electron chi connectivity index (χ4n) is 2.06. The monoisotopic (exact) mass is 190 g/mol. The summed E-state index contributed by atoms with van der Waals surface area (Å²) in [5, 5.41) is 0. The lowest BCUT2D eigenvalue weighted by atomic mass is 10.0. The van der Waals surface area contributed by atoms with Gasteiger partial charge in [0.1, 0.15) is 0 Å². The highest BCUT2D eigenvalue weighted by Gasteiger charge is 2.29. The summed E-state index contributed by atoms with van der Waals surface area (Å²) in [7, 11) is 0. The summed E-state index contributed by atoms with van der Waals surface area (Å²) >= 11 is 0. The predicted molar refractivity (Wildman–Crippen MR) is 58.9 cm³/mol. The molecule has 1 saturated heterocycles. The zero-order valence-corrected chi connectivity index (χ0v) is 8.74. The molecule has 2 heteroatoms. The van der Waals surface area contributed by atoms with Crippen LogP contribution in [-0.4, -0.2) is 23.5 Å². The Hall–Kier alpha value is -0.860. The van der Waals surface area contributed by atoms with E-state index in [2.05, 4.69) is 42.2 Å². The van der Waals surface area contributed by atoms with Gasteiger partial charge in [-0.1, -0.05) is 30.3 Å². The molecule has 2 N–H and O–H groups in total. The van der Waals surface area contributed by atoms with Gasteiger partial charge in [0.25, 0.3) is 0 Å². The normalized spacial score (nSPS) is 28.1. The largest absolute Gasteiger partial charge is 0.324 e. The first-order valence-corrected chi connectivity index (χ1v) is 5.21. The van der Waals surface area contributed by atoms with Crippen LogP contribution >= 0.6 is 0 Å². The standard InChI is InChI=1S/C12H18N2/c1-12(13)7-8-14(10-12)9-11-5-3-2-4-6-11/h2-6H,7-10,13H2,1H3. The first-order chi connectivity index (χ1) is 6.66. The van der Waals surface area contributed by atoms with Gasteiger partial charge in [-0.2, -0.15) is 0 Å². The average Bonchev–Trinajstić information content (AvgIpc) is 2.47. The van der Waals surface area contributed by atoms with Crippen LogP contribution in [-0.2, 0) is 6.54 Å². The van der Waals surface area contributed by atoms with Gasteiger partial charge < -0.3 is 5.73 Å². The third kappa shape index (κ3) is 2.34. The maximum atomic E-state index is 6.08. The molecule has 0 bridgehead atoms. The Morgan fingerprint density at radius 1 is 1.36 bits per heavy atom. The van der Waals surface area contributed by atoms with Crippen LogP contribution in [0.1, 0.15) is 18.9 Å². The Kier molecular flexibility index (Phi) is 2.57. The van der Waals surface area contributed by atoms with E-state index in [9.17, 15) is 0 Å². The first kappa shape index (κ1) is 9.69. The van der Waals surface area contributed by atoms with Gasteiger partial charge in [-0.3, -0.25) is 4.90 Å². The van der Waals surface area contributed by atoms with Gasteiger partial charge in [-0.25, -0.2) is 0 Å². The van der Waals surface area contributed by atoms with Crippen LogP contribution in [0.25, 0.3) is 0 Å². The Labute approximate surface area is 85.7 Å². The van der Waals surface area contributed by atoms with Gasteiger partial charge in [-0.15, -0.1) is 0 Å². The van der Waals surface area contributed by atoms with Crippen LogP contribution in [0.5, 0.6) is 0 Å². The number of nitrogens with two attached hydrogens (primary N) is 1. The molecule has 1 unspecified atom stereocenters. The molecular formula is C12H18N2. The molecule has 1 aliphatic rings. The number of likely N-dealkylation sites (tertiary alicyclic amines) is 1. The second-order valence-electron chi connectivity index (χ2n) is 4.60. The summed E-state index contributed by atoms with van der Waals surface area (Å²) < 4.78 is 0. The van der Waals surface area contributed by atoms with E-state index in [1.54, 1.807) is 0 Å². The lowest BCUT2D eigenvalue weighted by molar-refractivity contribution is 0.310. The van der Waals surface area contributed by atoms with Crippen molar-refractivity contribution in [3.05, 3.63) is 35.9 Å². The minimum absolute atomic E-state index is 0.0226. The van der Waals surface area contributed by atoms with E-state index in [-0.39, 0.29) is 5.54 Å². The van der Waals surface area contributed by atoms with Crippen LogP contribution in [0.2, 0.25) is 0 Å². The third-order valence-corrected chi connectivity index (χ3v) is 2.83. The molecule has 14 heavy (non-hydrogen) atoms. The minimum atomic E-state index is 0.0226. The smallest absolute Gasteiger partial charge is 0.0267 e. The molecule has 1 fully saturated rings. The number of hydrogen-bond acceptors (Lipinski definition) is 2. The van der Waals surface area contributed by atoms with Crippen LogP contribution in [0.15, 0.2) is 30.3 Å². The Morgan fingerprint density at radius 3 is 2.64 bits per heavy atom. The van der Waals surface area contributed by atoms with Crippen LogP contribution in [0.4, 0.5) is 0 Å². The van der Waals surface area contributed by atoms with Crippen LogP contribution in [0.3, 0.4) is 0 Å². The van der Waals surface area contributed by atoms with E-state index in [1.165, 1.54) is 5.56 Å². The number of rotatable bonds is 2. The van der Waals surface area contributed by atoms with Gasteiger partial charge in [0.15, 0.2) is 0 Å². The first-order valence-electron chi connectivity index (χ1n) is 5.21. The van der Waals surface area contributed by atoms with Crippen molar-refractivity contribution < 1.29 is 0 Å². The lowest BCUT2D eigenvalue weighted by Gasteiger charge is -2.19. The van der Waals surface area contributed by atoms with Crippen molar-refractivity contribution in [3.8, 4) is 0 Å². The molecule has 0 radical (unpaired) electrons. The minimum Gasteiger partial charge on any atom is -0.324 e. The zero-order chi connectivity index (χ0) is 10.0. The molecular weight excluding hydrogens is 172 g/mol. The van der Waals surface area contributed by atoms with E-state index >= 15 is 0 Å². The fourth-order valence-corrected chi connectivity index (χ4v) is 2.06. The van der Waals surface area contributed by atoms with Crippen molar-refractivity contribution in [2.45, 2.75) is 25.4 Å². The Morgan fingerprint density at radius 2 is 2.07 bits per heavy atom. The molecule has 1 aromatic carbocycles. The highest BCUT2D eigenvalue weighted by Crippen LogP contribution is 2.19. The van der Waals surface area contributed by atoms with Crippen molar-refractivity contribution in [3.63, 3.8) is 0 Å². The van der Waals surface area contributed by atoms with Gasteiger partial charge in [0, 0.05) is 25.2 Å². The molecule has 0 aliphatic carbocycles. The molecule has 0 aromatic heterocycles. The number of benzene rings is 1. The van der Waals surface area contributed by atoms with E-state index in [0.29, 0.717) is 0 Å². The molecule has 76 valence electrons. The Balaban J connectivity index is 1.94. The van der Waals surface area contributed by atoms with E-state index in [1.807, 2.05) is 0 Å². The van der Waals surface area contributed by atoms with Gasteiger partial charge in [0.2, 0.25) is 0 Å². The summed E-state index contributed by atoms with van der Waals surface area (Å²) in [4.78, 5) is 2.43. The molecule has 2 rings (SSSR count). The van der Waals surface area contributed by atoms with Crippen LogP contribution in [0, 0.1) is 0 Å². The molecule has 1 aliphatic heterocycles. The van der Waals surface area contributed by atoms with Crippen molar-refractivity contribution in [2.24, 2.45) is 5.73 Å². The molecule has 0 saturated carbocycles. The third-order valence-electron chi connectivity index (χ3n) is 2.83. The highest BCUT2D eigenvalue weighted by atomic mass is 15.2. The summed E-state index contributed by atoms with van der Waals surface area (Å²) in [6, 6.07) is 10.6. The second kappa shape index (κ2) is 3.71. The summed E-state index contributed by atoms with van der Waals surface area (Å²) in [6.07, 6.45) is 1.11. The molecule has 2 nitrogen and oxygen atoms in total. The number of hydrogen-bond donors (Lipinski definition) is 1. The quantitative estimate of drug-likeness (QED) is 0.767. The summed E-state index contributed by atoms with van der Waals surface area (Å²) in [6.45, 7) is 5.31. The SMILES string of the molecule is CC1(N)CCN(Cc2ccccc2)C1. The second-order valence-corrected chi connectivity index (χ2v) is 4.60. The fraction of sp³-hybridized carbons (Fsp3) is 0.500. The summed E-state index contributed by atoms with van der Waals surface area (Å²) in [5.74, 6) is 0. The molecule has 1 aromatic rings. The van der Waals surface area contributed by atoms with Crippen molar-refractivity contribution in [1.29, 1.82) is 0 Å².